The molecule has 1 atom stereocenters. The molecule has 0 aliphatic rings. The van der Waals surface area contributed by atoms with Crippen LogP contribution in [0.5, 0.6) is 0 Å². The Morgan fingerprint density at radius 1 is 1.30 bits per heavy atom. The lowest BCUT2D eigenvalue weighted by molar-refractivity contribution is -0.144. The van der Waals surface area contributed by atoms with Crippen LogP contribution in [0.4, 0.5) is 0 Å². The van der Waals surface area contributed by atoms with Gasteiger partial charge < -0.3 is 15.4 Å². The number of aromatic nitrogens is 2. The van der Waals surface area contributed by atoms with Crippen molar-refractivity contribution < 1.29 is 14.7 Å². The first-order valence-corrected chi connectivity index (χ1v) is 5.94. The van der Waals surface area contributed by atoms with Crippen molar-refractivity contribution in [3.8, 4) is 0 Å². The summed E-state index contributed by atoms with van der Waals surface area (Å²) >= 11 is 0. The first-order chi connectivity index (χ1) is 9.09. The van der Waals surface area contributed by atoms with E-state index < -0.39 is 34.6 Å². The van der Waals surface area contributed by atoms with Gasteiger partial charge in [0.2, 0.25) is 5.91 Å². The Morgan fingerprint density at radius 2 is 1.90 bits per heavy atom. The Balaban J connectivity index is 2.84. The Hall–Kier alpha value is -2.38. The molecule has 0 spiro atoms. The number of hydrogen-bond acceptors (Lipinski definition) is 4. The van der Waals surface area contributed by atoms with Crippen LogP contribution in [0.2, 0.25) is 0 Å². The Bertz CT molecular complexity index is 595. The number of carboxylic acid groups (broad SMARTS) is 1. The number of carbonyl (C=O) groups excluding carboxylic acids is 1. The van der Waals surface area contributed by atoms with Gasteiger partial charge in [0.15, 0.2) is 0 Å². The average Bonchev–Trinajstić information content (AvgIpc) is 2.22. The van der Waals surface area contributed by atoms with Crippen LogP contribution in [0.15, 0.2) is 15.7 Å². The summed E-state index contributed by atoms with van der Waals surface area (Å²) in [4.78, 5) is 49.3. The Morgan fingerprint density at radius 3 is 2.35 bits per heavy atom. The molecule has 110 valence electrons. The zero-order valence-corrected chi connectivity index (χ0v) is 11.4. The number of aromatic amines is 2. The first-order valence-electron chi connectivity index (χ1n) is 5.94. The predicted molar refractivity (Wildman–Crippen MR) is 70.4 cm³/mol. The molecule has 1 amide bonds. The molecule has 0 unspecified atom stereocenters. The topological polar surface area (TPSA) is 132 Å². The van der Waals surface area contributed by atoms with Gasteiger partial charge in [0.05, 0.1) is 6.42 Å². The van der Waals surface area contributed by atoms with E-state index in [1.165, 1.54) is 0 Å². The van der Waals surface area contributed by atoms with Gasteiger partial charge >= 0.3 is 11.7 Å². The Labute approximate surface area is 114 Å². The van der Waals surface area contributed by atoms with Crippen LogP contribution in [0.3, 0.4) is 0 Å². The maximum absolute atomic E-state index is 11.8. The number of carboxylic acids is 1. The van der Waals surface area contributed by atoms with Crippen molar-refractivity contribution >= 4 is 11.9 Å². The molecule has 0 saturated heterocycles. The minimum absolute atomic E-state index is 0.120. The summed E-state index contributed by atoms with van der Waals surface area (Å²) in [6, 6.07) is 0.0112. The average molecular weight is 283 g/mol. The standard InChI is InChI=1S/C12H17N3O5/c1-12(2,3)9(10(18)19)14-7(16)4-6-5-8(17)15-11(20)13-6/h5,9H,4H2,1-3H3,(H,14,16)(H,18,19)(H2,13,15,17,20)/t9-/m1/s1. The Kier molecular flexibility index (Phi) is 4.49. The number of hydrogen-bond donors (Lipinski definition) is 4. The summed E-state index contributed by atoms with van der Waals surface area (Å²) in [5.41, 5.74) is -1.88. The second-order valence-electron chi connectivity index (χ2n) is 5.49. The normalized spacial score (nSPS) is 12.8. The molecule has 0 aliphatic carbocycles. The van der Waals surface area contributed by atoms with Crippen molar-refractivity contribution in [3.05, 3.63) is 32.6 Å². The van der Waals surface area contributed by atoms with Gasteiger partial charge in [-0.2, -0.15) is 0 Å². The van der Waals surface area contributed by atoms with Crippen LogP contribution < -0.4 is 16.6 Å². The molecule has 8 heteroatoms. The van der Waals surface area contributed by atoms with Gasteiger partial charge in [-0.05, 0) is 5.41 Å². The quantitative estimate of drug-likeness (QED) is 0.575. The van der Waals surface area contributed by atoms with E-state index in [-0.39, 0.29) is 12.1 Å². The lowest BCUT2D eigenvalue weighted by atomic mass is 9.86. The van der Waals surface area contributed by atoms with E-state index >= 15 is 0 Å². The highest BCUT2D eigenvalue weighted by molar-refractivity contribution is 5.85. The van der Waals surface area contributed by atoms with Gasteiger partial charge in [0, 0.05) is 11.8 Å². The fourth-order valence-corrected chi connectivity index (χ4v) is 1.65. The molecule has 0 aliphatic heterocycles. The van der Waals surface area contributed by atoms with Crippen molar-refractivity contribution in [3.63, 3.8) is 0 Å². The highest BCUT2D eigenvalue weighted by Gasteiger charge is 2.32. The molecule has 0 radical (unpaired) electrons. The van der Waals surface area contributed by atoms with E-state index in [2.05, 4.69) is 10.3 Å². The highest BCUT2D eigenvalue weighted by Crippen LogP contribution is 2.19. The van der Waals surface area contributed by atoms with E-state index in [9.17, 15) is 19.2 Å². The monoisotopic (exact) mass is 283 g/mol. The summed E-state index contributed by atoms with van der Waals surface area (Å²) in [6.07, 6.45) is -0.279. The lowest BCUT2D eigenvalue weighted by Crippen LogP contribution is -2.49. The molecular formula is C12H17N3O5. The molecule has 1 rings (SSSR count). The summed E-state index contributed by atoms with van der Waals surface area (Å²) in [6.45, 7) is 5.05. The van der Waals surface area contributed by atoms with E-state index in [0.29, 0.717) is 0 Å². The molecule has 1 aromatic rings. The minimum Gasteiger partial charge on any atom is -0.480 e. The van der Waals surface area contributed by atoms with Gasteiger partial charge in [-0.15, -0.1) is 0 Å². The summed E-state index contributed by atoms with van der Waals surface area (Å²) in [7, 11) is 0. The third-order valence-electron chi connectivity index (χ3n) is 2.59. The first kappa shape index (κ1) is 15.7. The van der Waals surface area contributed by atoms with Gasteiger partial charge in [-0.3, -0.25) is 14.6 Å². The number of carbonyl (C=O) groups is 2. The number of H-pyrrole nitrogens is 2. The fourth-order valence-electron chi connectivity index (χ4n) is 1.65. The maximum Gasteiger partial charge on any atom is 0.326 e. The van der Waals surface area contributed by atoms with Crippen LogP contribution in [-0.4, -0.2) is 33.0 Å². The largest absolute Gasteiger partial charge is 0.480 e. The van der Waals surface area contributed by atoms with Crippen molar-refractivity contribution in [1.82, 2.24) is 15.3 Å². The van der Waals surface area contributed by atoms with Crippen molar-refractivity contribution in [2.45, 2.75) is 33.2 Å². The zero-order chi connectivity index (χ0) is 15.5. The lowest BCUT2D eigenvalue weighted by Gasteiger charge is -2.27. The number of nitrogens with one attached hydrogen (secondary N) is 3. The van der Waals surface area contributed by atoms with E-state index in [1.807, 2.05) is 4.98 Å². The van der Waals surface area contributed by atoms with Crippen LogP contribution in [-0.2, 0) is 16.0 Å². The van der Waals surface area contributed by atoms with Crippen LogP contribution in [0, 0.1) is 5.41 Å². The second-order valence-corrected chi connectivity index (χ2v) is 5.49. The number of aliphatic carboxylic acids is 1. The second kappa shape index (κ2) is 5.72. The van der Waals surface area contributed by atoms with Crippen LogP contribution in [0.1, 0.15) is 26.5 Å². The molecule has 4 N–H and O–H groups in total. The van der Waals surface area contributed by atoms with Gasteiger partial charge in [0.25, 0.3) is 5.56 Å². The summed E-state index contributed by atoms with van der Waals surface area (Å²) in [5, 5.41) is 11.5. The van der Waals surface area contributed by atoms with Crippen LogP contribution in [0.25, 0.3) is 0 Å². The molecule has 0 fully saturated rings. The molecule has 0 saturated carbocycles. The number of amides is 1. The summed E-state index contributed by atoms with van der Waals surface area (Å²) < 4.78 is 0. The van der Waals surface area contributed by atoms with Gasteiger partial charge in [-0.25, -0.2) is 9.59 Å². The third kappa shape index (κ3) is 4.38. The molecular weight excluding hydrogens is 266 g/mol. The zero-order valence-electron chi connectivity index (χ0n) is 11.4. The van der Waals surface area contributed by atoms with Crippen molar-refractivity contribution in [1.29, 1.82) is 0 Å². The molecule has 8 nitrogen and oxygen atoms in total. The smallest absolute Gasteiger partial charge is 0.326 e. The summed E-state index contributed by atoms with van der Waals surface area (Å²) in [5.74, 6) is -1.74. The third-order valence-corrected chi connectivity index (χ3v) is 2.59. The molecule has 0 bridgehead atoms. The molecule has 20 heavy (non-hydrogen) atoms. The van der Waals surface area contributed by atoms with Crippen molar-refractivity contribution in [2.75, 3.05) is 0 Å². The predicted octanol–water partition coefficient (Wildman–Crippen LogP) is -0.779. The van der Waals surface area contributed by atoms with Gasteiger partial charge in [-0.1, -0.05) is 20.8 Å². The van der Waals surface area contributed by atoms with Crippen LogP contribution >= 0.6 is 0 Å². The van der Waals surface area contributed by atoms with Gasteiger partial charge in [0.1, 0.15) is 6.04 Å². The fraction of sp³-hybridized carbons (Fsp3) is 0.500. The molecule has 1 heterocycles. The van der Waals surface area contributed by atoms with E-state index in [1.54, 1.807) is 20.8 Å². The van der Waals surface area contributed by atoms with E-state index in [4.69, 9.17) is 5.11 Å². The highest BCUT2D eigenvalue weighted by atomic mass is 16.4. The number of rotatable bonds is 4. The van der Waals surface area contributed by atoms with E-state index in [0.717, 1.165) is 6.07 Å². The minimum atomic E-state index is -1.15. The molecule has 1 aromatic heterocycles. The van der Waals surface area contributed by atoms with Crippen molar-refractivity contribution in [2.24, 2.45) is 5.41 Å². The molecule has 0 aromatic carbocycles. The SMILES string of the molecule is CC(C)(C)[C@H](NC(=O)Cc1cc(=O)[nH]c(=O)[nH]1)C(=O)O. The maximum atomic E-state index is 11.8.